The van der Waals surface area contributed by atoms with Gasteiger partial charge in [0.25, 0.3) is 0 Å². The maximum absolute atomic E-state index is 13.1. The molecule has 3 rings (SSSR count). The SMILES string of the molecule is Fc1cc2nc([C]3CCCCC3)[nH]c2cc1F. The molecule has 2 aromatic rings. The summed E-state index contributed by atoms with van der Waals surface area (Å²) in [5.41, 5.74) is 1.06. The second-order valence-corrected chi connectivity index (χ2v) is 4.53. The predicted octanol–water partition coefficient (Wildman–Crippen LogP) is 3.73. The van der Waals surface area contributed by atoms with Crippen LogP contribution in [-0.2, 0) is 0 Å². The topological polar surface area (TPSA) is 28.7 Å². The van der Waals surface area contributed by atoms with Crippen LogP contribution in [0.15, 0.2) is 12.1 Å². The highest BCUT2D eigenvalue weighted by Crippen LogP contribution is 2.31. The van der Waals surface area contributed by atoms with Crippen LogP contribution in [0.25, 0.3) is 11.0 Å². The van der Waals surface area contributed by atoms with Crippen LogP contribution in [0.1, 0.15) is 37.9 Å². The van der Waals surface area contributed by atoms with E-state index in [-0.39, 0.29) is 0 Å². The molecule has 1 radical (unpaired) electrons. The van der Waals surface area contributed by atoms with Crippen molar-refractivity contribution in [2.75, 3.05) is 0 Å². The van der Waals surface area contributed by atoms with E-state index in [0.717, 1.165) is 24.7 Å². The summed E-state index contributed by atoms with van der Waals surface area (Å²) < 4.78 is 26.1. The Kier molecular flexibility index (Phi) is 2.57. The van der Waals surface area contributed by atoms with E-state index in [1.165, 1.54) is 31.2 Å². The number of nitrogens with zero attached hydrogens (tertiary/aromatic N) is 1. The monoisotopic (exact) mass is 235 g/mol. The molecule has 1 N–H and O–H groups in total. The van der Waals surface area contributed by atoms with Gasteiger partial charge in [0.1, 0.15) is 5.82 Å². The number of nitrogens with one attached hydrogen (secondary N) is 1. The molecular formula is C13H13F2N2. The van der Waals surface area contributed by atoms with E-state index in [0.29, 0.717) is 11.0 Å². The minimum absolute atomic E-state index is 0.497. The second kappa shape index (κ2) is 4.09. The largest absolute Gasteiger partial charge is 0.341 e. The summed E-state index contributed by atoms with van der Waals surface area (Å²) in [7, 11) is 0. The van der Waals surface area contributed by atoms with E-state index in [2.05, 4.69) is 9.97 Å². The Balaban J connectivity index is 2.00. The van der Waals surface area contributed by atoms with Crippen molar-refractivity contribution < 1.29 is 8.78 Å². The van der Waals surface area contributed by atoms with Crippen molar-refractivity contribution in [1.29, 1.82) is 0 Å². The van der Waals surface area contributed by atoms with Crippen LogP contribution >= 0.6 is 0 Å². The number of benzene rings is 1. The van der Waals surface area contributed by atoms with Crippen molar-refractivity contribution >= 4 is 11.0 Å². The maximum atomic E-state index is 13.1. The molecule has 0 spiro atoms. The minimum atomic E-state index is -0.843. The normalized spacial score (nSPS) is 17.8. The van der Waals surface area contributed by atoms with Gasteiger partial charge in [-0.2, -0.15) is 0 Å². The average molecular weight is 235 g/mol. The van der Waals surface area contributed by atoms with Crippen molar-refractivity contribution in [3.05, 3.63) is 35.5 Å². The molecule has 2 nitrogen and oxygen atoms in total. The molecule has 1 fully saturated rings. The van der Waals surface area contributed by atoms with Crippen molar-refractivity contribution in [1.82, 2.24) is 9.97 Å². The highest BCUT2D eigenvalue weighted by molar-refractivity contribution is 5.75. The van der Waals surface area contributed by atoms with Crippen LogP contribution in [-0.4, -0.2) is 9.97 Å². The first-order chi connectivity index (χ1) is 8.24. The zero-order valence-electron chi connectivity index (χ0n) is 9.39. The smallest absolute Gasteiger partial charge is 0.161 e. The molecule has 1 aromatic heterocycles. The van der Waals surface area contributed by atoms with Crippen LogP contribution in [0.2, 0.25) is 0 Å². The van der Waals surface area contributed by atoms with E-state index in [4.69, 9.17) is 0 Å². The van der Waals surface area contributed by atoms with Gasteiger partial charge in [-0.25, -0.2) is 13.8 Å². The zero-order valence-corrected chi connectivity index (χ0v) is 9.39. The van der Waals surface area contributed by atoms with Gasteiger partial charge in [-0.3, -0.25) is 0 Å². The number of imidazole rings is 1. The lowest BCUT2D eigenvalue weighted by Crippen LogP contribution is -2.06. The molecule has 0 saturated heterocycles. The van der Waals surface area contributed by atoms with E-state index in [1.807, 2.05) is 0 Å². The lowest BCUT2D eigenvalue weighted by atomic mass is 9.89. The number of fused-ring (bicyclic) bond motifs is 1. The molecule has 0 bridgehead atoms. The zero-order chi connectivity index (χ0) is 11.8. The number of H-pyrrole nitrogens is 1. The van der Waals surface area contributed by atoms with E-state index in [1.54, 1.807) is 0 Å². The Morgan fingerprint density at radius 2 is 1.71 bits per heavy atom. The van der Waals surface area contributed by atoms with Crippen LogP contribution in [0, 0.1) is 17.6 Å². The second-order valence-electron chi connectivity index (χ2n) is 4.53. The molecule has 4 heteroatoms. The lowest BCUT2D eigenvalue weighted by Gasteiger charge is -2.18. The van der Waals surface area contributed by atoms with E-state index in [9.17, 15) is 8.78 Å². The van der Waals surface area contributed by atoms with Gasteiger partial charge in [-0.05, 0) is 12.8 Å². The molecule has 17 heavy (non-hydrogen) atoms. The van der Waals surface area contributed by atoms with Crippen molar-refractivity contribution in [2.24, 2.45) is 0 Å². The Bertz CT molecular complexity index is 503. The Morgan fingerprint density at radius 1 is 1.00 bits per heavy atom. The third kappa shape index (κ3) is 1.92. The fraction of sp³-hybridized carbons (Fsp3) is 0.385. The fourth-order valence-electron chi connectivity index (χ4n) is 2.39. The number of aromatic nitrogens is 2. The van der Waals surface area contributed by atoms with Crippen molar-refractivity contribution in [2.45, 2.75) is 32.1 Å². The molecule has 1 aliphatic carbocycles. The summed E-state index contributed by atoms with van der Waals surface area (Å²) in [6.07, 6.45) is 5.67. The molecule has 0 atom stereocenters. The molecule has 0 aliphatic heterocycles. The summed E-state index contributed by atoms with van der Waals surface area (Å²) in [6, 6.07) is 2.32. The molecule has 1 aromatic carbocycles. The summed E-state index contributed by atoms with van der Waals surface area (Å²) in [4.78, 5) is 7.42. The van der Waals surface area contributed by atoms with Crippen molar-refractivity contribution in [3.8, 4) is 0 Å². The molecule has 0 amide bonds. The summed E-state index contributed by atoms with van der Waals surface area (Å²) in [5.74, 6) is 0.392. The number of halogens is 2. The fourth-order valence-corrected chi connectivity index (χ4v) is 2.39. The maximum Gasteiger partial charge on any atom is 0.161 e. The summed E-state index contributed by atoms with van der Waals surface area (Å²) >= 11 is 0. The Labute approximate surface area is 98.1 Å². The van der Waals surface area contributed by atoms with E-state index >= 15 is 0 Å². The van der Waals surface area contributed by atoms with Gasteiger partial charge in [0.15, 0.2) is 11.6 Å². The minimum Gasteiger partial charge on any atom is -0.341 e. The van der Waals surface area contributed by atoms with E-state index < -0.39 is 11.6 Å². The van der Waals surface area contributed by atoms with Crippen LogP contribution in [0.3, 0.4) is 0 Å². The van der Waals surface area contributed by atoms with Crippen LogP contribution in [0.4, 0.5) is 8.78 Å². The lowest BCUT2D eigenvalue weighted by molar-refractivity contribution is 0.510. The van der Waals surface area contributed by atoms with Gasteiger partial charge in [0.05, 0.1) is 11.0 Å². The first-order valence-electron chi connectivity index (χ1n) is 5.94. The highest BCUT2D eigenvalue weighted by Gasteiger charge is 2.20. The molecule has 0 unspecified atom stereocenters. The number of aromatic amines is 1. The van der Waals surface area contributed by atoms with Gasteiger partial charge in [-0.15, -0.1) is 0 Å². The molecule has 1 aliphatic rings. The first kappa shape index (κ1) is 10.7. The third-order valence-electron chi connectivity index (χ3n) is 3.32. The first-order valence-corrected chi connectivity index (χ1v) is 5.94. The Morgan fingerprint density at radius 3 is 2.47 bits per heavy atom. The third-order valence-corrected chi connectivity index (χ3v) is 3.32. The molecule has 1 heterocycles. The van der Waals surface area contributed by atoms with Gasteiger partial charge >= 0.3 is 0 Å². The molecule has 89 valence electrons. The Hall–Kier alpha value is -1.45. The van der Waals surface area contributed by atoms with Gasteiger partial charge in [-0.1, -0.05) is 19.3 Å². The summed E-state index contributed by atoms with van der Waals surface area (Å²) in [6.45, 7) is 0. The number of hydrogen-bond acceptors (Lipinski definition) is 1. The number of hydrogen-bond donors (Lipinski definition) is 1. The average Bonchev–Trinajstić information content (AvgIpc) is 2.74. The quantitative estimate of drug-likeness (QED) is 0.801. The van der Waals surface area contributed by atoms with Gasteiger partial charge < -0.3 is 4.98 Å². The van der Waals surface area contributed by atoms with Gasteiger partial charge in [0, 0.05) is 18.1 Å². The predicted molar refractivity (Wildman–Crippen MR) is 61.4 cm³/mol. The standard InChI is InChI=1S/C13H13F2N2/c14-9-6-11-12(7-10(9)15)17-13(16-11)8-4-2-1-3-5-8/h6-7H,1-5H2,(H,16,17). The molecule has 1 saturated carbocycles. The van der Waals surface area contributed by atoms with Crippen LogP contribution < -0.4 is 0 Å². The van der Waals surface area contributed by atoms with Crippen molar-refractivity contribution in [3.63, 3.8) is 0 Å². The van der Waals surface area contributed by atoms with Gasteiger partial charge in [0.2, 0.25) is 0 Å². The van der Waals surface area contributed by atoms with Crippen LogP contribution in [0.5, 0.6) is 0 Å². The summed E-state index contributed by atoms with van der Waals surface area (Å²) in [5, 5.41) is 0. The number of rotatable bonds is 1. The highest BCUT2D eigenvalue weighted by atomic mass is 19.2. The molecular weight excluding hydrogens is 222 g/mol.